The topological polar surface area (TPSA) is 110 Å². The van der Waals surface area contributed by atoms with Crippen molar-refractivity contribution in [2.75, 3.05) is 13.1 Å². The van der Waals surface area contributed by atoms with Crippen molar-refractivity contribution >= 4 is 22.8 Å². The Morgan fingerprint density at radius 2 is 2.04 bits per heavy atom. The fourth-order valence-corrected chi connectivity index (χ4v) is 3.43. The number of aromatic nitrogens is 4. The number of nitrogens with zero attached hydrogens (tertiary/aromatic N) is 5. The molecule has 0 saturated carbocycles. The number of ether oxygens (including phenoxy) is 1. The first-order chi connectivity index (χ1) is 13.5. The average Bonchev–Trinajstić information content (AvgIpc) is 3.07. The Bertz CT molecular complexity index is 1060. The van der Waals surface area contributed by atoms with Crippen LogP contribution in [0, 0.1) is 6.92 Å². The number of carboxylic acid groups (broad SMARTS) is 1. The molecule has 4 rings (SSSR count). The maximum Gasteiger partial charge on any atom is 0.334 e. The van der Waals surface area contributed by atoms with Crippen molar-refractivity contribution in [2.45, 2.75) is 26.1 Å². The van der Waals surface area contributed by atoms with Gasteiger partial charge in [0, 0.05) is 18.1 Å². The minimum absolute atomic E-state index is 0.0248. The van der Waals surface area contributed by atoms with Crippen molar-refractivity contribution in [3.8, 4) is 5.69 Å². The van der Waals surface area contributed by atoms with Gasteiger partial charge in [0.15, 0.2) is 11.8 Å². The number of carbonyl (C=O) groups is 2. The molecule has 0 unspecified atom stereocenters. The van der Waals surface area contributed by atoms with E-state index in [0.717, 1.165) is 16.6 Å². The fraction of sp³-hybridized carbons (Fsp3) is 0.316. The summed E-state index contributed by atoms with van der Waals surface area (Å²) >= 11 is 0. The number of rotatable bonds is 3. The smallest absolute Gasteiger partial charge is 0.334 e. The molecule has 9 heteroatoms. The van der Waals surface area contributed by atoms with Crippen molar-refractivity contribution in [1.82, 2.24) is 24.9 Å². The lowest BCUT2D eigenvalue weighted by Crippen LogP contribution is -2.52. The highest BCUT2D eigenvalue weighted by molar-refractivity contribution is 5.94. The summed E-state index contributed by atoms with van der Waals surface area (Å²) in [5, 5.41) is 18.4. The van der Waals surface area contributed by atoms with Crippen molar-refractivity contribution in [3.05, 3.63) is 47.9 Å². The van der Waals surface area contributed by atoms with Crippen molar-refractivity contribution in [2.24, 2.45) is 0 Å². The van der Waals surface area contributed by atoms with Gasteiger partial charge in [-0.2, -0.15) is 0 Å². The Morgan fingerprint density at radius 1 is 1.21 bits per heavy atom. The summed E-state index contributed by atoms with van der Waals surface area (Å²) in [6.07, 6.45) is 0.291. The quantitative estimate of drug-likeness (QED) is 0.731. The van der Waals surface area contributed by atoms with Crippen LogP contribution < -0.4 is 0 Å². The molecule has 144 valence electrons. The van der Waals surface area contributed by atoms with E-state index in [-0.39, 0.29) is 24.2 Å². The summed E-state index contributed by atoms with van der Waals surface area (Å²) in [6, 6.07) is 9.43. The highest BCUT2D eigenvalue weighted by Gasteiger charge is 2.34. The Labute approximate surface area is 160 Å². The zero-order chi connectivity index (χ0) is 19.8. The highest BCUT2D eigenvalue weighted by atomic mass is 16.5. The van der Waals surface area contributed by atoms with Gasteiger partial charge in [0.05, 0.1) is 29.5 Å². The lowest BCUT2D eigenvalue weighted by molar-refractivity contribution is -0.160. The van der Waals surface area contributed by atoms with Gasteiger partial charge in [-0.1, -0.05) is 11.3 Å². The molecule has 0 spiro atoms. The standard InChI is InChI=1S/C19H19N5O4/c1-11-9-23(10-16(28-11)19(26)27)18(25)17-12(2)24(22-21-17)15-7-3-6-14-13(15)5-4-8-20-14/h3-8,11,16H,9-10H2,1-2H3,(H,26,27)/t11-,16+/m1/s1. The third-order valence-electron chi connectivity index (χ3n) is 4.77. The van der Waals surface area contributed by atoms with E-state index in [1.54, 1.807) is 24.7 Å². The first-order valence-corrected chi connectivity index (χ1v) is 8.89. The van der Waals surface area contributed by atoms with Gasteiger partial charge in [0.1, 0.15) is 0 Å². The van der Waals surface area contributed by atoms with E-state index in [4.69, 9.17) is 4.74 Å². The molecule has 0 radical (unpaired) electrons. The maximum atomic E-state index is 13.0. The monoisotopic (exact) mass is 381 g/mol. The first kappa shape index (κ1) is 18.1. The number of fused-ring (bicyclic) bond motifs is 1. The summed E-state index contributed by atoms with van der Waals surface area (Å²) in [5.41, 5.74) is 2.36. The molecule has 1 aliphatic heterocycles. The predicted octanol–water partition coefficient (Wildman–Crippen LogP) is 1.44. The van der Waals surface area contributed by atoms with E-state index in [1.165, 1.54) is 4.90 Å². The summed E-state index contributed by atoms with van der Waals surface area (Å²) in [5.74, 6) is -1.45. The van der Waals surface area contributed by atoms with Gasteiger partial charge >= 0.3 is 5.97 Å². The third-order valence-corrected chi connectivity index (χ3v) is 4.77. The van der Waals surface area contributed by atoms with E-state index in [2.05, 4.69) is 15.3 Å². The Hall–Kier alpha value is -3.33. The zero-order valence-corrected chi connectivity index (χ0v) is 15.4. The number of hydrogen-bond acceptors (Lipinski definition) is 6. The van der Waals surface area contributed by atoms with Crippen molar-refractivity contribution < 1.29 is 19.4 Å². The lowest BCUT2D eigenvalue weighted by Gasteiger charge is -2.34. The van der Waals surface area contributed by atoms with E-state index in [1.807, 2.05) is 30.3 Å². The molecular formula is C19H19N5O4. The summed E-state index contributed by atoms with van der Waals surface area (Å²) in [6.45, 7) is 3.78. The molecule has 1 amide bonds. The molecule has 1 N–H and O–H groups in total. The Balaban J connectivity index is 1.68. The number of benzene rings is 1. The number of hydrogen-bond donors (Lipinski definition) is 1. The molecule has 3 aromatic rings. The fourth-order valence-electron chi connectivity index (χ4n) is 3.43. The van der Waals surface area contributed by atoms with Crippen LogP contribution in [0.5, 0.6) is 0 Å². The third kappa shape index (κ3) is 3.09. The van der Waals surface area contributed by atoms with Crippen LogP contribution in [-0.4, -0.2) is 67.2 Å². The van der Waals surface area contributed by atoms with Crippen LogP contribution in [0.25, 0.3) is 16.6 Å². The van der Waals surface area contributed by atoms with Crippen molar-refractivity contribution in [3.63, 3.8) is 0 Å². The van der Waals surface area contributed by atoms with Crippen LogP contribution in [0.15, 0.2) is 36.5 Å². The molecule has 28 heavy (non-hydrogen) atoms. The van der Waals surface area contributed by atoms with Crippen LogP contribution in [0.1, 0.15) is 23.1 Å². The molecule has 9 nitrogen and oxygen atoms in total. The van der Waals surface area contributed by atoms with E-state index < -0.39 is 12.1 Å². The maximum absolute atomic E-state index is 13.0. The molecule has 2 aromatic heterocycles. The second-order valence-electron chi connectivity index (χ2n) is 6.77. The minimum Gasteiger partial charge on any atom is -0.479 e. The molecule has 2 atom stereocenters. The second-order valence-corrected chi connectivity index (χ2v) is 6.77. The predicted molar refractivity (Wildman–Crippen MR) is 99.3 cm³/mol. The number of pyridine rings is 1. The van der Waals surface area contributed by atoms with Crippen LogP contribution in [-0.2, 0) is 9.53 Å². The largest absolute Gasteiger partial charge is 0.479 e. The number of amides is 1. The molecule has 3 heterocycles. The van der Waals surface area contributed by atoms with Crippen LogP contribution in [0.3, 0.4) is 0 Å². The summed E-state index contributed by atoms with van der Waals surface area (Å²) in [7, 11) is 0. The Morgan fingerprint density at radius 3 is 2.82 bits per heavy atom. The molecule has 0 aliphatic carbocycles. The van der Waals surface area contributed by atoms with Crippen molar-refractivity contribution in [1.29, 1.82) is 0 Å². The normalized spacial score (nSPS) is 19.7. The van der Waals surface area contributed by atoms with Gasteiger partial charge in [-0.25, -0.2) is 9.48 Å². The van der Waals surface area contributed by atoms with Gasteiger partial charge in [0.25, 0.3) is 5.91 Å². The van der Waals surface area contributed by atoms with Crippen LogP contribution in [0.2, 0.25) is 0 Å². The van der Waals surface area contributed by atoms with Gasteiger partial charge in [-0.15, -0.1) is 5.10 Å². The zero-order valence-electron chi connectivity index (χ0n) is 15.4. The van der Waals surface area contributed by atoms with Gasteiger partial charge in [-0.05, 0) is 38.1 Å². The van der Waals surface area contributed by atoms with Gasteiger partial charge in [0.2, 0.25) is 0 Å². The average molecular weight is 381 g/mol. The molecule has 1 saturated heterocycles. The molecule has 0 bridgehead atoms. The van der Waals surface area contributed by atoms with E-state index in [0.29, 0.717) is 12.2 Å². The van der Waals surface area contributed by atoms with E-state index >= 15 is 0 Å². The SMILES string of the molecule is Cc1c(C(=O)N2C[C@@H](C)O[C@H](C(=O)O)C2)nnn1-c1cccc2ncccc12. The van der Waals surface area contributed by atoms with Gasteiger partial charge < -0.3 is 14.7 Å². The molecular weight excluding hydrogens is 362 g/mol. The van der Waals surface area contributed by atoms with Crippen LogP contribution >= 0.6 is 0 Å². The first-order valence-electron chi connectivity index (χ1n) is 8.89. The number of carboxylic acids is 1. The van der Waals surface area contributed by atoms with E-state index in [9.17, 15) is 14.7 Å². The number of carbonyl (C=O) groups excluding carboxylic acids is 1. The second kappa shape index (κ2) is 7.01. The summed E-state index contributed by atoms with van der Waals surface area (Å²) in [4.78, 5) is 30.1. The number of aliphatic carboxylic acids is 1. The van der Waals surface area contributed by atoms with Crippen LogP contribution in [0.4, 0.5) is 0 Å². The lowest BCUT2D eigenvalue weighted by atomic mass is 10.1. The summed E-state index contributed by atoms with van der Waals surface area (Å²) < 4.78 is 6.98. The van der Waals surface area contributed by atoms with Gasteiger partial charge in [-0.3, -0.25) is 9.78 Å². The molecule has 1 fully saturated rings. The number of morpholine rings is 1. The molecule has 1 aromatic carbocycles. The molecule has 1 aliphatic rings. The highest BCUT2D eigenvalue weighted by Crippen LogP contribution is 2.23. The minimum atomic E-state index is -1.09. The Kier molecular flexibility index (Phi) is 4.52.